The summed E-state index contributed by atoms with van der Waals surface area (Å²) < 4.78 is 0. The highest BCUT2D eigenvalue weighted by atomic mass is 32.2. The van der Waals surface area contributed by atoms with Crippen LogP contribution in [0.1, 0.15) is 25.0 Å². The Morgan fingerprint density at radius 3 is 2.13 bits per heavy atom. The molecule has 2 aromatic carbocycles. The molecule has 0 unspecified atom stereocenters. The molecule has 5 N–H and O–H groups in total. The summed E-state index contributed by atoms with van der Waals surface area (Å²) in [7, 11) is 2.91. The molecule has 0 bridgehead atoms. The molecule has 3 saturated heterocycles. The summed E-state index contributed by atoms with van der Waals surface area (Å²) in [6.07, 6.45) is -0.728. The summed E-state index contributed by atoms with van der Waals surface area (Å²) in [6, 6.07) is 13.1. The molecule has 2 aromatic rings. The van der Waals surface area contributed by atoms with Crippen molar-refractivity contribution in [3.8, 4) is 0 Å². The molecule has 13 nitrogen and oxygen atoms in total. The molecule has 3 fully saturated rings. The lowest BCUT2D eigenvalue weighted by atomic mass is 9.54. The molecule has 0 spiro atoms. The predicted molar refractivity (Wildman–Crippen MR) is 171 cm³/mol. The first kappa shape index (κ1) is 30.2. The van der Waals surface area contributed by atoms with Crippen LogP contribution in [0.15, 0.2) is 60.3 Å². The van der Waals surface area contributed by atoms with Crippen LogP contribution in [0.3, 0.4) is 0 Å². The molecular weight excluding hydrogens is 624 g/mol. The number of hydrogen-bond acceptors (Lipinski definition) is 10. The van der Waals surface area contributed by atoms with E-state index in [1.54, 1.807) is 43.6 Å². The van der Waals surface area contributed by atoms with Crippen LogP contribution in [-0.4, -0.2) is 121 Å². The maximum absolute atomic E-state index is 14.9. The number of para-hydroxylation sites is 2. The van der Waals surface area contributed by atoms with Gasteiger partial charge < -0.3 is 35.8 Å². The van der Waals surface area contributed by atoms with Crippen molar-refractivity contribution in [3.05, 3.63) is 71.4 Å². The van der Waals surface area contributed by atoms with Crippen LogP contribution in [0, 0.1) is 5.92 Å². The Morgan fingerprint density at radius 1 is 0.915 bits per heavy atom. The predicted octanol–water partition coefficient (Wildman–Crippen LogP) is 0.00360. The quantitative estimate of drug-likeness (QED) is 0.302. The van der Waals surface area contributed by atoms with Crippen molar-refractivity contribution in [1.29, 1.82) is 0 Å². The number of nitrogens with one attached hydrogen (secondary N) is 2. The summed E-state index contributed by atoms with van der Waals surface area (Å²) in [5.41, 5.74) is -3.62. The Bertz CT molecular complexity index is 1840. The van der Waals surface area contributed by atoms with Gasteiger partial charge in [0.1, 0.15) is 30.2 Å². The molecule has 0 aromatic heterocycles. The second-order valence-corrected chi connectivity index (χ2v) is 14.5. The molecule has 47 heavy (non-hydrogen) atoms. The van der Waals surface area contributed by atoms with Crippen molar-refractivity contribution >= 4 is 46.8 Å². The van der Waals surface area contributed by atoms with Crippen LogP contribution < -0.4 is 10.6 Å². The van der Waals surface area contributed by atoms with Crippen LogP contribution in [0.4, 0.5) is 11.4 Å². The van der Waals surface area contributed by atoms with E-state index in [4.69, 9.17) is 0 Å². The second-order valence-electron chi connectivity index (χ2n) is 13.5. The van der Waals surface area contributed by atoms with Gasteiger partial charge in [-0.05, 0) is 41.5 Å². The zero-order valence-electron chi connectivity index (χ0n) is 26.5. The van der Waals surface area contributed by atoms with Gasteiger partial charge in [-0.1, -0.05) is 50.2 Å². The normalized spacial score (nSPS) is 38.1. The number of carbonyl (C=O) groups excluding carboxylic acids is 4. The number of piperazine rings is 2. The number of carbonyl (C=O) groups is 4. The Morgan fingerprint density at radius 2 is 1.51 bits per heavy atom. The zero-order chi connectivity index (χ0) is 33.6. The first-order valence-corrected chi connectivity index (χ1v) is 16.8. The average Bonchev–Trinajstić information content (AvgIpc) is 3.73. The standard InChI is InChI=1S/C33H36N6O7S/c1-16(2)33(47-5)29(45)38-21(23(41)37(33)4)14-30(17-10-6-8-12-19(17)34-26(30)38)31-18-11-7-9-13-20(18)35-27(31)39-24(42)22(15-40)36(3)28(44)32(39,46)25(31)43/h6-14,16,22,25-27,34-35,40,43,46H,15H2,1-5H3/t22-,25-,26+,27-,30-,31-,32-,33+/m0/s1. The van der Waals surface area contributed by atoms with E-state index in [0.717, 1.165) is 9.80 Å². The number of thioether (sulfide) groups is 1. The number of amides is 4. The third kappa shape index (κ3) is 2.93. The molecule has 4 amide bonds. The fourth-order valence-electron chi connectivity index (χ4n) is 9.63. The van der Waals surface area contributed by atoms with Crippen molar-refractivity contribution in [2.24, 2.45) is 5.92 Å². The van der Waals surface area contributed by atoms with Crippen LogP contribution in [0.5, 0.6) is 0 Å². The molecule has 0 aliphatic carbocycles. The largest absolute Gasteiger partial charge is 0.394 e. The number of likely N-dealkylation sites (N-methyl/N-ethyl adjacent to an activating group) is 2. The highest BCUT2D eigenvalue weighted by Gasteiger charge is 2.85. The average molecular weight is 661 g/mol. The molecular formula is C33H36N6O7S. The molecule has 246 valence electrons. The number of anilines is 2. The van der Waals surface area contributed by atoms with Crippen molar-refractivity contribution in [2.45, 2.75) is 59.8 Å². The molecule has 6 aliphatic heterocycles. The van der Waals surface area contributed by atoms with Crippen LogP contribution >= 0.6 is 11.8 Å². The minimum Gasteiger partial charge on any atom is -0.394 e. The van der Waals surface area contributed by atoms with E-state index >= 15 is 0 Å². The van der Waals surface area contributed by atoms with Crippen molar-refractivity contribution in [2.75, 3.05) is 37.6 Å². The topological polar surface area (TPSA) is 166 Å². The lowest BCUT2D eigenvalue weighted by Gasteiger charge is -2.52. The lowest BCUT2D eigenvalue weighted by molar-refractivity contribution is -0.209. The molecule has 6 aliphatic rings. The van der Waals surface area contributed by atoms with Crippen LogP contribution in [0.2, 0.25) is 0 Å². The molecule has 8 atom stereocenters. The van der Waals surface area contributed by atoms with Gasteiger partial charge >= 0.3 is 0 Å². The second kappa shape index (κ2) is 9.28. The van der Waals surface area contributed by atoms with E-state index in [0.29, 0.717) is 22.5 Å². The van der Waals surface area contributed by atoms with Gasteiger partial charge in [0.15, 0.2) is 4.87 Å². The summed E-state index contributed by atoms with van der Waals surface area (Å²) in [5.74, 6) is -2.73. The Labute approximate surface area is 275 Å². The molecule has 0 radical (unpaired) electrons. The van der Waals surface area contributed by atoms with Gasteiger partial charge in [0.05, 0.1) is 17.4 Å². The molecule has 0 saturated carbocycles. The van der Waals surface area contributed by atoms with Crippen LogP contribution in [-0.2, 0) is 30.0 Å². The van der Waals surface area contributed by atoms with Crippen molar-refractivity contribution in [3.63, 3.8) is 0 Å². The Balaban J connectivity index is 1.48. The maximum Gasteiger partial charge on any atom is 0.279 e. The smallest absolute Gasteiger partial charge is 0.279 e. The van der Waals surface area contributed by atoms with E-state index in [9.17, 15) is 34.5 Å². The van der Waals surface area contributed by atoms with Crippen molar-refractivity contribution < 1.29 is 34.5 Å². The van der Waals surface area contributed by atoms with E-state index in [1.807, 2.05) is 38.1 Å². The third-order valence-corrected chi connectivity index (χ3v) is 13.2. The summed E-state index contributed by atoms with van der Waals surface area (Å²) >= 11 is 1.28. The van der Waals surface area contributed by atoms with E-state index in [2.05, 4.69) is 10.6 Å². The van der Waals surface area contributed by atoms with E-state index in [1.165, 1.54) is 28.6 Å². The lowest BCUT2D eigenvalue weighted by Crippen LogP contribution is -2.73. The zero-order valence-corrected chi connectivity index (χ0v) is 27.3. The number of benzene rings is 2. The number of hydrogen-bond donors (Lipinski definition) is 5. The van der Waals surface area contributed by atoms with Gasteiger partial charge in [0.25, 0.3) is 29.4 Å². The van der Waals surface area contributed by atoms with Gasteiger partial charge in [-0.2, -0.15) is 0 Å². The van der Waals surface area contributed by atoms with Gasteiger partial charge in [-0.25, -0.2) is 0 Å². The van der Waals surface area contributed by atoms with Gasteiger partial charge in [0, 0.05) is 25.5 Å². The Kier molecular flexibility index (Phi) is 5.97. The van der Waals surface area contributed by atoms with Crippen LogP contribution in [0.25, 0.3) is 0 Å². The first-order chi connectivity index (χ1) is 22.3. The van der Waals surface area contributed by atoms with Gasteiger partial charge in [-0.15, -0.1) is 11.8 Å². The number of aliphatic hydroxyl groups is 3. The van der Waals surface area contributed by atoms with E-state index in [-0.39, 0.29) is 17.5 Å². The fraction of sp³-hybridized carbons (Fsp3) is 0.455. The number of nitrogens with zero attached hydrogens (tertiary/aromatic N) is 4. The maximum atomic E-state index is 14.9. The van der Waals surface area contributed by atoms with Crippen molar-refractivity contribution in [1.82, 2.24) is 19.6 Å². The van der Waals surface area contributed by atoms with Gasteiger partial charge in [-0.3, -0.25) is 29.0 Å². The number of aliphatic hydroxyl groups excluding tert-OH is 2. The SMILES string of the molecule is CS[C@]1(C(C)C)C(=O)N2C(=C[C@]3([C@]45c6ccccc6N[C@H]4N4C(=O)[C@H](CO)N(C)C(=O)[C@@]4(O)[C@H]5O)c4ccccc4N[C@H]23)C(=O)N1C. The first-order valence-electron chi connectivity index (χ1n) is 15.6. The minimum absolute atomic E-state index is 0.0967. The molecule has 8 rings (SSSR count). The molecule has 6 heterocycles. The summed E-state index contributed by atoms with van der Waals surface area (Å²) in [4.78, 5) is 61.3. The monoisotopic (exact) mass is 660 g/mol. The fourth-order valence-corrected chi connectivity index (χ4v) is 10.7. The minimum atomic E-state index is -2.76. The number of fused-ring (bicyclic) bond motifs is 11. The molecule has 14 heteroatoms. The summed E-state index contributed by atoms with van der Waals surface area (Å²) in [6.45, 7) is 3.07. The highest BCUT2D eigenvalue weighted by molar-refractivity contribution is 8.00. The highest BCUT2D eigenvalue weighted by Crippen LogP contribution is 2.69. The Hall–Kier alpha value is -4.11. The number of rotatable bonds is 4. The third-order valence-electron chi connectivity index (χ3n) is 11.6. The van der Waals surface area contributed by atoms with Gasteiger partial charge in [0.2, 0.25) is 0 Å². The summed E-state index contributed by atoms with van der Waals surface area (Å²) in [5, 5.41) is 42.4. The van der Waals surface area contributed by atoms with E-state index < -0.39 is 70.2 Å².